The zero-order valence-corrected chi connectivity index (χ0v) is 23.9. The normalized spacial score (nSPS) is 23.5. The van der Waals surface area contributed by atoms with Crippen LogP contribution in [0.3, 0.4) is 0 Å². The van der Waals surface area contributed by atoms with Crippen molar-refractivity contribution in [1.29, 1.82) is 0 Å². The molecule has 2 N–H and O–H groups in total. The van der Waals surface area contributed by atoms with Crippen LogP contribution in [0, 0.1) is 5.92 Å². The Hall–Kier alpha value is -3.86. The fourth-order valence-electron chi connectivity index (χ4n) is 6.61. The van der Waals surface area contributed by atoms with Gasteiger partial charge in [-0.25, -0.2) is 9.79 Å². The predicted octanol–water partition coefficient (Wildman–Crippen LogP) is 3.49. The Morgan fingerprint density at radius 3 is 2.56 bits per heavy atom. The van der Waals surface area contributed by atoms with Crippen molar-refractivity contribution in [1.82, 2.24) is 5.32 Å². The molecule has 0 radical (unpaired) electrons. The van der Waals surface area contributed by atoms with Crippen molar-refractivity contribution in [2.45, 2.75) is 65.6 Å². The first-order valence-electron chi connectivity index (χ1n) is 13.8. The minimum Gasteiger partial charge on any atom is -0.484 e. The minimum atomic E-state index is -0.306. The standard InChI is InChI=1S/C34H36N2O3/c1-8-38-32(37)22-12-10-9-11-21(22)31-25-13-23-19(2)17-33(4,5)35-27(23)15-29(25)39-30-16-28-24(14-26(30)31)20(3)18-34(6,7)36-28/h9-18,25,29,35H,8H2,1-7H3/p+1. The Balaban J connectivity index is 1.67. The number of fused-ring (bicyclic) bond motifs is 4. The summed E-state index contributed by atoms with van der Waals surface area (Å²) in [7, 11) is 0. The van der Waals surface area contributed by atoms with Gasteiger partial charge in [0.2, 0.25) is 5.36 Å². The first-order valence-corrected chi connectivity index (χ1v) is 13.8. The molecule has 1 aliphatic carbocycles. The Kier molecular flexibility index (Phi) is 5.76. The fraction of sp³-hybridized carbons (Fsp3) is 0.353. The van der Waals surface area contributed by atoms with E-state index < -0.39 is 0 Å². The van der Waals surface area contributed by atoms with Crippen molar-refractivity contribution in [3.63, 3.8) is 0 Å². The van der Waals surface area contributed by atoms with Crippen LogP contribution in [0.4, 0.5) is 0 Å². The van der Waals surface area contributed by atoms with Crippen molar-refractivity contribution in [2.24, 2.45) is 5.92 Å². The van der Waals surface area contributed by atoms with Crippen molar-refractivity contribution in [2.75, 3.05) is 6.61 Å². The van der Waals surface area contributed by atoms with Gasteiger partial charge in [-0.3, -0.25) is 0 Å². The van der Waals surface area contributed by atoms with E-state index in [-0.39, 0.29) is 29.1 Å². The third-order valence-electron chi connectivity index (χ3n) is 7.96. The molecule has 2 unspecified atom stereocenters. The molecule has 0 saturated heterocycles. The summed E-state index contributed by atoms with van der Waals surface area (Å²) in [5, 5.41) is 5.76. The molecule has 2 aromatic rings. The molecule has 0 fully saturated rings. The van der Waals surface area contributed by atoms with Gasteiger partial charge in [-0.1, -0.05) is 30.4 Å². The molecule has 5 nitrogen and oxygen atoms in total. The third kappa shape index (κ3) is 4.34. The third-order valence-corrected chi connectivity index (χ3v) is 7.96. The number of carbonyl (C=O) groups excluding carboxylic acids is 1. The summed E-state index contributed by atoms with van der Waals surface area (Å²) in [6.07, 6.45) is 8.86. The second-order valence-electron chi connectivity index (χ2n) is 12.2. The maximum atomic E-state index is 13.2. The zero-order chi connectivity index (χ0) is 27.7. The van der Waals surface area contributed by atoms with Crippen LogP contribution < -0.4 is 25.6 Å². The second kappa shape index (κ2) is 8.84. The number of allylic oxidation sites excluding steroid dienone is 2. The Labute approximate surface area is 230 Å². The van der Waals surface area contributed by atoms with E-state index in [1.54, 1.807) is 0 Å². The number of benzene rings is 2. The van der Waals surface area contributed by atoms with E-state index in [0.717, 1.165) is 38.7 Å². The monoisotopic (exact) mass is 521 g/mol. The van der Waals surface area contributed by atoms with Gasteiger partial charge in [-0.2, -0.15) is 0 Å². The summed E-state index contributed by atoms with van der Waals surface area (Å²) in [6, 6.07) is 12.2. The Bertz CT molecular complexity index is 1670. The van der Waals surface area contributed by atoms with Crippen LogP contribution in [0.15, 0.2) is 77.5 Å². The number of ether oxygens (including phenoxy) is 2. The average Bonchev–Trinajstić information content (AvgIpc) is 2.84. The first kappa shape index (κ1) is 25.4. The molecule has 6 rings (SSSR count). The average molecular weight is 522 g/mol. The summed E-state index contributed by atoms with van der Waals surface area (Å²) >= 11 is 0. The summed E-state index contributed by atoms with van der Waals surface area (Å²) in [5.74, 6) is 0.436. The fourth-order valence-corrected chi connectivity index (χ4v) is 6.61. The lowest BCUT2D eigenvalue weighted by Gasteiger charge is -2.40. The van der Waals surface area contributed by atoms with Crippen molar-refractivity contribution >= 4 is 17.1 Å². The van der Waals surface area contributed by atoms with Crippen LogP contribution in [-0.4, -0.2) is 29.8 Å². The van der Waals surface area contributed by atoms with Gasteiger partial charge in [0.25, 0.3) is 0 Å². The smallest absolute Gasteiger partial charge is 0.338 e. The highest BCUT2D eigenvalue weighted by Gasteiger charge is 2.39. The molecule has 200 valence electrons. The van der Waals surface area contributed by atoms with Crippen molar-refractivity contribution in [3.8, 4) is 5.75 Å². The number of nitrogens with one attached hydrogen (secondary N) is 2. The topological polar surface area (TPSA) is 61.5 Å². The highest BCUT2D eigenvalue weighted by Crippen LogP contribution is 2.41. The molecular weight excluding hydrogens is 484 g/mol. The van der Waals surface area contributed by atoms with E-state index in [1.807, 2.05) is 31.2 Å². The molecule has 3 aliphatic heterocycles. The number of hydrogen-bond acceptors (Lipinski definition) is 4. The maximum Gasteiger partial charge on any atom is 0.338 e. The summed E-state index contributed by atoms with van der Waals surface area (Å²) in [4.78, 5) is 16.8. The van der Waals surface area contributed by atoms with Gasteiger partial charge in [0.05, 0.1) is 23.8 Å². The summed E-state index contributed by atoms with van der Waals surface area (Å²) < 4.78 is 12.3. The lowest BCUT2D eigenvalue weighted by Crippen LogP contribution is -2.89. The number of rotatable bonds is 3. The van der Waals surface area contributed by atoms with E-state index in [1.165, 1.54) is 16.7 Å². The van der Waals surface area contributed by atoms with E-state index >= 15 is 0 Å². The summed E-state index contributed by atoms with van der Waals surface area (Å²) in [5.41, 5.74) is 8.15. The van der Waals surface area contributed by atoms with Gasteiger partial charge in [0.1, 0.15) is 11.9 Å². The Morgan fingerprint density at radius 1 is 1.03 bits per heavy atom. The lowest BCUT2D eigenvalue weighted by atomic mass is 9.76. The molecule has 0 aromatic heterocycles. The lowest BCUT2D eigenvalue weighted by molar-refractivity contribution is -0.568. The molecule has 3 heterocycles. The molecule has 5 heteroatoms. The molecule has 39 heavy (non-hydrogen) atoms. The molecule has 0 bridgehead atoms. The van der Waals surface area contributed by atoms with Crippen LogP contribution in [-0.2, 0) is 4.74 Å². The molecular formula is C34H37N2O3+. The van der Waals surface area contributed by atoms with Gasteiger partial charge in [0, 0.05) is 36.2 Å². The van der Waals surface area contributed by atoms with Crippen LogP contribution in [0.25, 0.3) is 11.1 Å². The van der Waals surface area contributed by atoms with E-state index in [4.69, 9.17) is 9.47 Å². The number of esters is 1. The molecule has 0 amide bonds. The quantitative estimate of drug-likeness (QED) is 0.608. The van der Waals surface area contributed by atoms with E-state index in [2.05, 4.69) is 88.3 Å². The number of hydrogen-bond donors (Lipinski definition) is 2. The van der Waals surface area contributed by atoms with Crippen LogP contribution in [0.1, 0.15) is 70.0 Å². The zero-order valence-electron chi connectivity index (χ0n) is 23.9. The molecule has 4 aliphatic rings. The van der Waals surface area contributed by atoms with Gasteiger partial charge >= 0.3 is 5.97 Å². The number of carbonyl (C=O) groups is 1. The SMILES string of the molecule is CCOC(=O)c1ccccc1C1=c2cc3c(cc2OC2C=C4NC(C)(C)C=C(C)C4=CC12)=[NH+]C(C)(C)C=C3C. The van der Waals surface area contributed by atoms with Crippen LogP contribution in [0.2, 0.25) is 0 Å². The van der Waals surface area contributed by atoms with Crippen molar-refractivity contribution in [3.05, 3.63) is 105 Å². The highest BCUT2D eigenvalue weighted by atomic mass is 16.5. The van der Waals surface area contributed by atoms with Gasteiger partial charge in [-0.05, 0) is 86.8 Å². The first-order chi connectivity index (χ1) is 18.5. The predicted molar refractivity (Wildman–Crippen MR) is 153 cm³/mol. The highest BCUT2D eigenvalue weighted by molar-refractivity contribution is 5.96. The van der Waals surface area contributed by atoms with Crippen LogP contribution in [0.5, 0.6) is 5.75 Å². The Morgan fingerprint density at radius 2 is 1.79 bits per heavy atom. The van der Waals surface area contributed by atoms with Gasteiger partial charge < -0.3 is 14.8 Å². The van der Waals surface area contributed by atoms with Crippen LogP contribution >= 0.6 is 0 Å². The molecule has 0 spiro atoms. The van der Waals surface area contributed by atoms with Gasteiger partial charge in [-0.15, -0.1) is 0 Å². The molecule has 0 saturated carbocycles. The minimum absolute atomic E-state index is 0.0754. The van der Waals surface area contributed by atoms with Gasteiger partial charge in [0.15, 0.2) is 5.54 Å². The van der Waals surface area contributed by atoms with E-state index in [9.17, 15) is 4.79 Å². The maximum absolute atomic E-state index is 13.2. The second-order valence-corrected chi connectivity index (χ2v) is 12.2. The largest absolute Gasteiger partial charge is 0.484 e. The van der Waals surface area contributed by atoms with Crippen molar-refractivity contribution < 1.29 is 19.3 Å². The molecule has 2 atom stereocenters. The molecule has 2 aromatic carbocycles. The summed E-state index contributed by atoms with van der Waals surface area (Å²) in [6.45, 7) is 15.2. The van der Waals surface area contributed by atoms with E-state index in [0.29, 0.717) is 12.2 Å².